The van der Waals surface area contributed by atoms with Crippen LogP contribution >= 0.6 is 0 Å². The minimum absolute atomic E-state index is 0.396. The molecule has 0 heterocycles. The summed E-state index contributed by atoms with van der Waals surface area (Å²) in [6.45, 7) is 3.59. The molecular formula is C11H17N2. The van der Waals surface area contributed by atoms with Crippen LogP contribution in [-0.2, 0) is 0 Å². The zero-order valence-electron chi connectivity index (χ0n) is 8.09. The normalized spacial score (nSPS) is 12.8. The molecule has 1 rings (SSSR count). The van der Waals surface area contributed by atoms with Crippen molar-refractivity contribution in [2.45, 2.75) is 19.4 Å². The van der Waals surface area contributed by atoms with E-state index in [4.69, 9.17) is 5.73 Å². The summed E-state index contributed by atoms with van der Waals surface area (Å²) in [6.07, 6.45) is 0.928. The van der Waals surface area contributed by atoms with E-state index in [1.54, 1.807) is 0 Å². The summed E-state index contributed by atoms with van der Waals surface area (Å²) in [5.74, 6) is 0. The quantitative estimate of drug-likeness (QED) is 0.686. The van der Waals surface area contributed by atoms with Crippen LogP contribution < -0.4 is 11.1 Å². The van der Waals surface area contributed by atoms with E-state index in [0.717, 1.165) is 13.0 Å². The highest BCUT2D eigenvalue weighted by atomic mass is 14.9. The lowest BCUT2D eigenvalue weighted by Gasteiger charge is -2.13. The molecule has 2 N–H and O–H groups in total. The van der Waals surface area contributed by atoms with E-state index >= 15 is 0 Å². The Balaban J connectivity index is 2.35. The molecule has 0 aliphatic rings. The first kappa shape index (κ1) is 10.2. The fourth-order valence-corrected chi connectivity index (χ4v) is 1.27. The molecule has 1 aromatic rings. The Kier molecular flexibility index (Phi) is 4.50. The molecule has 0 spiro atoms. The lowest BCUT2D eigenvalue weighted by molar-refractivity contribution is 0.560. The average Bonchev–Trinajstić information content (AvgIpc) is 2.19. The van der Waals surface area contributed by atoms with Crippen LogP contribution in [0.25, 0.3) is 0 Å². The van der Waals surface area contributed by atoms with Crippen molar-refractivity contribution in [3.05, 3.63) is 35.9 Å². The molecule has 0 amide bonds. The molecular weight excluding hydrogens is 160 g/mol. The predicted octanol–water partition coefficient (Wildman–Crippen LogP) is 2.01. The summed E-state index contributed by atoms with van der Waals surface area (Å²) >= 11 is 0. The highest BCUT2D eigenvalue weighted by Gasteiger charge is 2.01. The third kappa shape index (κ3) is 3.57. The van der Waals surface area contributed by atoms with Crippen molar-refractivity contribution < 1.29 is 0 Å². The fraction of sp³-hybridized carbons (Fsp3) is 0.455. The first-order valence-electron chi connectivity index (χ1n) is 4.77. The van der Waals surface area contributed by atoms with Crippen molar-refractivity contribution in [2.24, 2.45) is 0 Å². The van der Waals surface area contributed by atoms with Gasteiger partial charge >= 0.3 is 0 Å². The Morgan fingerprint density at radius 2 is 2.00 bits per heavy atom. The van der Waals surface area contributed by atoms with Crippen molar-refractivity contribution >= 4 is 0 Å². The summed E-state index contributed by atoms with van der Waals surface area (Å²) in [6, 6.07) is 10.8. The van der Waals surface area contributed by atoms with Crippen molar-refractivity contribution in [1.82, 2.24) is 11.1 Å². The Morgan fingerprint density at radius 1 is 1.31 bits per heavy atom. The molecule has 0 aromatic heterocycles. The zero-order chi connectivity index (χ0) is 9.52. The molecule has 1 unspecified atom stereocenters. The maximum absolute atomic E-state index is 7.01. The summed E-state index contributed by atoms with van der Waals surface area (Å²) in [4.78, 5) is 0. The topological polar surface area (TPSA) is 35.8 Å². The highest BCUT2D eigenvalue weighted by Crippen LogP contribution is 2.10. The van der Waals surface area contributed by atoms with Crippen LogP contribution in [0.5, 0.6) is 0 Å². The second-order valence-corrected chi connectivity index (χ2v) is 3.19. The first-order chi connectivity index (χ1) is 6.34. The summed E-state index contributed by atoms with van der Waals surface area (Å²) in [5.41, 5.74) is 8.32. The molecule has 0 fully saturated rings. The number of hydrogen-bond donors (Lipinski definition) is 1. The van der Waals surface area contributed by atoms with Crippen molar-refractivity contribution in [3.63, 3.8) is 0 Å². The van der Waals surface area contributed by atoms with E-state index in [1.807, 2.05) is 6.07 Å². The van der Waals surface area contributed by atoms with Gasteiger partial charge in [0, 0.05) is 12.6 Å². The van der Waals surface area contributed by atoms with E-state index in [9.17, 15) is 0 Å². The molecule has 0 saturated heterocycles. The van der Waals surface area contributed by atoms with E-state index in [0.29, 0.717) is 12.6 Å². The first-order valence-corrected chi connectivity index (χ1v) is 4.77. The van der Waals surface area contributed by atoms with E-state index in [-0.39, 0.29) is 0 Å². The van der Waals surface area contributed by atoms with Gasteiger partial charge in [-0.05, 0) is 25.5 Å². The minimum Gasteiger partial charge on any atom is -0.310 e. The Hall–Kier alpha value is -0.860. The fourth-order valence-electron chi connectivity index (χ4n) is 1.27. The monoisotopic (exact) mass is 177 g/mol. The van der Waals surface area contributed by atoms with Gasteiger partial charge in [-0.2, -0.15) is 0 Å². The Bertz CT molecular complexity index is 221. The second kappa shape index (κ2) is 5.73. The van der Waals surface area contributed by atoms with Gasteiger partial charge < -0.3 is 5.32 Å². The number of rotatable bonds is 5. The minimum atomic E-state index is 0.396. The van der Waals surface area contributed by atoms with Gasteiger partial charge in [0.25, 0.3) is 0 Å². The van der Waals surface area contributed by atoms with Crippen LogP contribution in [0.1, 0.15) is 24.9 Å². The standard InChI is InChI=1S/C11H17N2/c1-10(13-9-5-8-12)11-6-3-2-4-7-11/h2-4,6-7,10,12-13H,5,8-9H2,1H3. The molecule has 71 valence electrons. The van der Waals surface area contributed by atoms with Crippen LogP contribution in [0.15, 0.2) is 30.3 Å². The van der Waals surface area contributed by atoms with E-state index in [2.05, 4.69) is 36.5 Å². The maximum Gasteiger partial charge on any atom is 0.0291 e. The van der Waals surface area contributed by atoms with Crippen LogP contribution in [0.2, 0.25) is 0 Å². The molecule has 2 heteroatoms. The summed E-state index contributed by atoms with van der Waals surface area (Å²) in [7, 11) is 0. The van der Waals surface area contributed by atoms with Gasteiger partial charge in [0.05, 0.1) is 0 Å². The average molecular weight is 177 g/mol. The SMILES string of the molecule is CC(NCCC[NH])c1ccccc1. The molecule has 2 nitrogen and oxygen atoms in total. The second-order valence-electron chi connectivity index (χ2n) is 3.19. The van der Waals surface area contributed by atoms with Crippen LogP contribution in [0.3, 0.4) is 0 Å². The third-order valence-corrected chi connectivity index (χ3v) is 2.10. The van der Waals surface area contributed by atoms with Crippen LogP contribution in [-0.4, -0.2) is 13.1 Å². The number of benzene rings is 1. The summed E-state index contributed by atoms with van der Waals surface area (Å²) in [5, 5.41) is 3.38. The smallest absolute Gasteiger partial charge is 0.0291 e. The zero-order valence-corrected chi connectivity index (χ0v) is 8.09. The third-order valence-electron chi connectivity index (χ3n) is 2.10. The molecule has 0 bridgehead atoms. The number of nitrogens with one attached hydrogen (secondary N) is 2. The number of hydrogen-bond acceptors (Lipinski definition) is 1. The molecule has 0 aliphatic carbocycles. The van der Waals surface area contributed by atoms with Crippen molar-refractivity contribution in [1.29, 1.82) is 0 Å². The Labute approximate surface area is 80.1 Å². The van der Waals surface area contributed by atoms with Crippen molar-refractivity contribution in [2.75, 3.05) is 13.1 Å². The highest BCUT2D eigenvalue weighted by molar-refractivity contribution is 5.17. The lowest BCUT2D eigenvalue weighted by atomic mass is 10.1. The van der Waals surface area contributed by atoms with Crippen molar-refractivity contribution in [3.8, 4) is 0 Å². The predicted molar refractivity (Wildman–Crippen MR) is 55.4 cm³/mol. The van der Waals surface area contributed by atoms with Gasteiger partial charge in [-0.15, -0.1) is 0 Å². The van der Waals surface area contributed by atoms with Gasteiger partial charge in [-0.1, -0.05) is 30.3 Å². The van der Waals surface area contributed by atoms with E-state index < -0.39 is 0 Å². The molecule has 1 atom stereocenters. The van der Waals surface area contributed by atoms with Gasteiger partial charge in [0.15, 0.2) is 0 Å². The maximum atomic E-state index is 7.01. The Morgan fingerprint density at radius 3 is 2.62 bits per heavy atom. The van der Waals surface area contributed by atoms with Gasteiger partial charge in [0.2, 0.25) is 0 Å². The largest absolute Gasteiger partial charge is 0.310 e. The molecule has 13 heavy (non-hydrogen) atoms. The van der Waals surface area contributed by atoms with Crippen LogP contribution in [0, 0.1) is 0 Å². The van der Waals surface area contributed by atoms with E-state index in [1.165, 1.54) is 5.56 Å². The van der Waals surface area contributed by atoms with Crippen LogP contribution in [0.4, 0.5) is 0 Å². The lowest BCUT2D eigenvalue weighted by Crippen LogP contribution is -2.20. The molecule has 1 aromatic carbocycles. The summed E-state index contributed by atoms with van der Waals surface area (Å²) < 4.78 is 0. The van der Waals surface area contributed by atoms with Gasteiger partial charge in [-0.3, -0.25) is 5.73 Å². The molecule has 1 radical (unpaired) electrons. The van der Waals surface area contributed by atoms with Gasteiger partial charge in [-0.25, -0.2) is 0 Å². The molecule has 0 aliphatic heterocycles. The van der Waals surface area contributed by atoms with Gasteiger partial charge in [0.1, 0.15) is 0 Å². The molecule has 0 saturated carbocycles.